The van der Waals surface area contributed by atoms with E-state index in [1.165, 1.54) is 0 Å². The molecule has 1 aromatic rings. The Balaban J connectivity index is 1.66. The normalized spacial score (nSPS) is 23.7. The highest BCUT2D eigenvalue weighted by Crippen LogP contribution is 2.21. The van der Waals surface area contributed by atoms with Crippen LogP contribution in [0.5, 0.6) is 0 Å². The lowest BCUT2D eigenvalue weighted by Gasteiger charge is -2.32. The topological polar surface area (TPSA) is 40.5 Å². The van der Waals surface area contributed by atoms with Gasteiger partial charge in [-0.2, -0.15) is 0 Å². The number of aryl methyl sites for hydroxylation is 1. The zero-order valence-corrected chi connectivity index (χ0v) is 14.1. The van der Waals surface area contributed by atoms with Gasteiger partial charge in [-0.1, -0.05) is 0 Å². The summed E-state index contributed by atoms with van der Waals surface area (Å²) in [6.45, 7) is 8.96. The molecule has 116 valence electrons. The number of likely N-dealkylation sites (tertiary alicyclic amines) is 1. The Bertz CT molecular complexity index is 510. The van der Waals surface area contributed by atoms with E-state index in [0.717, 1.165) is 62.4 Å². The summed E-state index contributed by atoms with van der Waals surface area (Å²) in [5.41, 5.74) is 0.797. The van der Waals surface area contributed by atoms with Gasteiger partial charge in [-0.15, -0.1) is 0 Å². The minimum Gasteiger partial charge on any atom is -0.343 e. The maximum absolute atomic E-state index is 12.7. The number of nitrogens with zero attached hydrogens (tertiary/aromatic N) is 3. The summed E-state index contributed by atoms with van der Waals surface area (Å²) in [6.07, 6.45) is 3.08. The van der Waals surface area contributed by atoms with E-state index in [2.05, 4.69) is 33.1 Å². The first kappa shape index (κ1) is 15.1. The molecule has 2 aliphatic heterocycles. The number of carbonyl (C=O) groups is 1. The lowest BCUT2D eigenvalue weighted by atomic mass is 10.2. The molecular weight excluding hydrogens is 332 g/mol. The average Bonchev–Trinajstić information content (AvgIpc) is 3.14. The summed E-state index contributed by atoms with van der Waals surface area (Å²) in [6, 6.07) is 2.47. The van der Waals surface area contributed by atoms with Gasteiger partial charge in [0.1, 0.15) is 5.69 Å². The first-order chi connectivity index (χ1) is 10.2. The number of aromatic nitrogens is 1. The Kier molecular flexibility index (Phi) is 4.66. The van der Waals surface area contributed by atoms with Crippen LogP contribution in [-0.4, -0.2) is 65.6 Å². The average molecular weight is 355 g/mol. The van der Waals surface area contributed by atoms with E-state index in [-0.39, 0.29) is 5.91 Å². The molecule has 0 saturated carbocycles. The monoisotopic (exact) mass is 354 g/mol. The number of nitrogens with one attached hydrogen (secondary N) is 1. The van der Waals surface area contributed by atoms with Crippen LogP contribution >= 0.6 is 15.9 Å². The summed E-state index contributed by atoms with van der Waals surface area (Å²) in [5, 5.41) is 3.39. The molecule has 21 heavy (non-hydrogen) atoms. The van der Waals surface area contributed by atoms with Gasteiger partial charge in [-0.05, 0) is 35.3 Å². The molecule has 0 aliphatic carbocycles. The zero-order chi connectivity index (χ0) is 14.8. The van der Waals surface area contributed by atoms with Crippen LogP contribution in [0.4, 0.5) is 0 Å². The van der Waals surface area contributed by atoms with Crippen LogP contribution in [0.3, 0.4) is 0 Å². The molecule has 1 unspecified atom stereocenters. The second-order valence-corrected chi connectivity index (χ2v) is 6.72. The summed E-state index contributed by atoms with van der Waals surface area (Å²) < 4.78 is 3.00. The first-order valence-corrected chi connectivity index (χ1v) is 8.58. The van der Waals surface area contributed by atoms with Gasteiger partial charge in [0, 0.05) is 62.5 Å². The maximum Gasteiger partial charge on any atom is 0.270 e. The number of carbonyl (C=O) groups excluding carboxylic acids is 1. The quantitative estimate of drug-likeness (QED) is 0.891. The Labute approximate surface area is 134 Å². The molecule has 3 rings (SSSR count). The first-order valence-electron chi connectivity index (χ1n) is 7.78. The smallest absolute Gasteiger partial charge is 0.270 e. The van der Waals surface area contributed by atoms with Crippen molar-refractivity contribution in [3.63, 3.8) is 0 Å². The summed E-state index contributed by atoms with van der Waals surface area (Å²) >= 11 is 3.47. The van der Waals surface area contributed by atoms with Crippen molar-refractivity contribution >= 4 is 21.8 Å². The Hall–Kier alpha value is -0.850. The summed E-state index contributed by atoms with van der Waals surface area (Å²) in [4.78, 5) is 17.3. The van der Waals surface area contributed by atoms with Crippen LogP contribution in [0.25, 0.3) is 0 Å². The maximum atomic E-state index is 12.7. The predicted molar refractivity (Wildman–Crippen MR) is 86.6 cm³/mol. The Morgan fingerprint density at radius 2 is 2.14 bits per heavy atom. The van der Waals surface area contributed by atoms with E-state index in [4.69, 9.17) is 0 Å². The third-order valence-electron chi connectivity index (χ3n) is 4.54. The molecule has 0 aromatic carbocycles. The van der Waals surface area contributed by atoms with Crippen molar-refractivity contribution in [2.75, 3.05) is 39.3 Å². The van der Waals surface area contributed by atoms with E-state index in [0.29, 0.717) is 6.04 Å². The van der Waals surface area contributed by atoms with Crippen LogP contribution in [0, 0.1) is 0 Å². The van der Waals surface area contributed by atoms with Crippen LogP contribution in [0.1, 0.15) is 23.8 Å². The number of hydrogen-bond donors (Lipinski definition) is 1. The molecule has 2 saturated heterocycles. The van der Waals surface area contributed by atoms with Gasteiger partial charge in [0.15, 0.2) is 0 Å². The van der Waals surface area contributed by atoms with E-state index in [9.17, 15) is 4.79 Å². The molecule has 1 N–H and O–H groups in total. The van der Waals surface area contributed by atoms with E-state index in [1.807, 2.05) is 21.7 Å². The molecule has 0 bridgehead atoms. The molecule has 0 spiro atoms. The highest BCUT2D eigenvalue weighted by Gasteiger charge is 2.32. The fourth-order valence-electron chi connectivity index (χ4n) is 3.35. The zero-order valence-electron chi connectivity index (χ0n) is 12.5. The minimum atomic E-state index is 0.167. The van der Waals surface area contributed by atoms with Gasteiger partial charge in [0.2, 0.25) is 0 Å². The predicted octanol–water partition coefficient (Wildman–Crippen LogP) is 1.39. The number of amides is 1. The van der Waals surface area contributed by atoms with Gasteiger partial charge in [-0.25, -0.2) is 0 Å². The molecule has 0 radical (unpaired) electrons. The van der Waals surface area contributed by atoms with E-state index in [1.54, 1.807) is 0 Å². The minimum absolute atomic E-state index is 0.167. The number of piperazine rings is 1. The second-order valence-electron chi connectivity index (χ2n) is 5.81. The second kappa shape index (κ2) is 6.50. The number of hydrogen-bond acceptors (Lipinski definition) is 3. The lowest BCUT2D eigenvalue weighted by molar-refractivity contribution is 0.0763. The van der Waals surface area contributed by atoms with E-state index < -0.39 is 0 Å². The molecule has 3 heterocycles. The largest absolute Gasteiger partial charge is 0.343 e. The van der Waals surface area contributed by atoms with Crippen molar-refractivity contribution in [1.82, 2.24) is 19.7 Å². The molecular formula is C15H23BrN4O. The molecule has 1 atom stereocenters. The standard InChI is InChI=1S/C15H23BrN4O/c1-2-18-10-12(16)9-14(18)15(21)20-6-3-13(11-20)19-7-4-17-5-8-19/h9-10,13,17H,2-8,11H2,1H3. The highest BCUT2D eigenvalue weighted by atomic mass is 79.9. The lowest BCUT2D eigenvalue weighted by Crippen LogP contribution is -2.49. The fraction of sp³-hybridized carbons (Fsp3) is 0.667. The highest BCUT2D eigenvalue weighted by molar-refractivity contribution is 9.10. The van der Waals surface area contributed by atoms with Crippen molar-refractivity contribution < 1.29 is 4.79 Å². The van der Waals surface area contributed by atoms with Crippen molar-refractivity contribution in [2.45, 2.75) is 25.9 Å². The Morgan fingerprint density at radius 3 is 2.86 bits per heavy atom. The molecule has 2 fully saturated rings. The molecule has 6 heteroatoms. The van der Waals surface area contributed by atoms with Crippen LogP contribution in [-0.2, 0) is 6.54 Å². The molecule has 1 aromatic heterocycles. The van der Waals surface area contributed by atoms with Crippen molar-refractivity contribution in [1.29, 1.82) is 0 Å². The van der Waals surface area contributed by atoms with Gasteiger partial charge >= 0.3 is 0 Å². The van der Waals surface area contributed by atoms with Gasteiger partial charge in [-0.3, -0.25) is 9.69 Å². The van der Waals surface area contributed by atoms with Crippen LogP contribution in [0.15, 0.2) is 16.7 Å². The third-order valence-corrected chi connectivity index (χ3v) is 4.98. The summed E-state index contributed by atoms with van der Waals surface area (Å²) in [7, 11) is 0. The van der Waals surface area contributed by atoms with Crippen LogP contribution in [0.2, 0.25) is 0 Å². The number of rotatable bonds is 3. The van der Waals surface area contributed by atoms with Gasteiger partial charge in [0.05, 0.1) is 0 Å². The number of halogens is 1. The van der Waals surface area contributed by atoms with Crippen molar-refractivity contribution in [3.8, 4) is 0 Å². The van der Waals surface area contributed by atoms with Crippen molar-refractivity contribution in [2.24, 2.45) is 0 Å². The summed E-state index contributed by atoms with van der Waals surface area (Å²) in [5.74, 6) is 0.167. The van der Waals surface area contributed by atoms with Gasteiger partial charge in [0.25, 0.3) is 5.91 Å². The van der Waals surface area contributed by atoms with E-state index >= 15 is 0 Å². The van der Waals surface area contributed by atoms with Crippen LogP contribution < -0.4 is 5.32 Å². The SMILES string of the molecule is CCn1cc(Br)cc1C(=O)N1CCC(N2CCNCC2)C1. The molecule has 2 aliphatic rings. The molecule has 1 amide bonds. The van der Waals surface area contributed by atoms with Crippen molar-refractivity contribution in [3.05, 3.63) is 22.4 Å². The van der Waals surface area contributed by atoms with Gasteiger partial charge < -0.3 is 14.8 Å². The Morgan fingerprint density at radius 1 is 1.38 bits per heavy atom. The third kappa shape index (κ3) is 3.17. The fourth-order valence-corrected chi connectivity index (χ4v) is 3.81. The molecule has 5 nitrogen and oxygen atoms in total.